The van der Waals surface area contributed by atoms with Gasteiger partial charge in [0.05, 0.1) is 6.26 Å². The first-order valence-corrected chi connectivity index (χ1v) is 8.39. The maximum Gasteiger partial charge on any atom is 0.252 e. The minimum Gasteiger partial charge on any atom is -0.469 e. The van der Waals surface area contributed by atoms with Crippen LogP contribution in [0.3, 0.4) is 0 Å². The first kappa shape index (κ1) is 15.2. The van der Waals surface area contributed by atoms with Gasteiger partial charge in [0.1, 0.15) is 9.97 Å². The van der Waals surface area contributed by atoms with Crippen molar-refractivity contribution in [2.45, 2.75) is 24.1 Å². The lowest BCUT2D eigenvalue weighted by atomic mass is 10.3. The zero-order valence-electron chi connectivity index (χ0n) is 11.4. The van der Waals surface area contributed by atoms with Gasteiger partial charge >= 0.3 is 0 Å². The van der Waals surface area contributed by atoms with Gasteiger partial charge in [-0.25, -0.2) is 8.42 Å². The number of rotatable bonds is 6. The van der Waals surface area contributed by atoms with Gasteiger partial charge in [-0.1, -0.05) is 0 Å². The minimum absolute atomic E-state index is 0.0179. The molecule has 0 spiro atoms. The van der Waals surface area contributed by atoms with E-state index < -0.39 is 10.0 Å². The second-order valence-electron chi connectivity index (χ2n) is 4.46. The number of furan rings is 1. The molecule has 0 saturated heterocycles. The summed E-state index contributed by atoms with van der Waals surface area (Å²) in [5.74, 6) is 0.721. The van der Waals surface area contributed by atoms with Gasteiger partial charge in [0, 0.05) is 37.1 Å². The van der Waals surface area contributed by atoms with Crippen molar-refractivity contribution in [3.63, 3.8) is 0 Å². The maximum absolute atomic E-state index is 12.4. The first-order chi connectivity index (χ1) is 9.45. The molecule has 0 aliphatic rings. The molecule has 0 unspecified atom stereocenters. The van der Waals surface area contributed by atoms with Crippen molar-refractivity contribution in [3.05, 3.63) is 40.7 Å². The second-order valence-corrected chi connectivity index (χ2v) is 7.90. The summed E-state index contributed by atoms with van der Waals surface area (Å²) in [5.41, 5.74) is 0.850. The summed E-state index contributed by atoms with van der Waals surface area (Å²) < 4.78 is 31.6. The predicted octanol–water partition coefficient (Wildman–Crippen LogP) is 2.01. The molecule has 5 nitrogen and oxygen atoms in total. The third-order valence-corrected chi connectivity index (χ3v) is 6.43. The van der Waals surface area contributed by atoms with E-state index in [4.69, 9.17) is 9.52 Å². The molecule has 110 valence electrons. The highest BCUT2D eigenvalue weighted by atomic mass is 32.2. The summed E-state index contributed by atoms with van der Waals surface area (Å²) in [6.07, 6.45) is 2.03. The Labute approximate surface area is 122 Å². The van der Waals surface area contributed by atoms with Crippen LogP contribution in [-0.2, 0) is 23.0 Å². The maximum atomic E-state index is 12.4. The summed E-state index contributed by atoms with van der Waals surface area (Å²) in [4.78, 5) is 0.860. The van der Waals surface area contributed by atoms with Crippen LogP contribution in [0.4, 0.5) is 0 Å². The molecule has 0 bridgehead atoms. The van der Waals surface area contributed by atoms with Crippen molar-refractivity contribution in [3.8, 4) is 0 Å². The highest BCUT2D eigenvalue weighted by Crippen LogP contribution is 2.26. The molecule has 0 aromatic carbocycles. The van der Waals surface area contributed by atoms with E-state index >= 15 is 0 Å². The van der Waals surface area contributed by atoms with Gasteiger partial charge < -0.3 is 9.52 Å². The molecule has 2 aromatic heterocycles. The van der Waals surface area contributed by atoms with Crippen LogP contribution in [0, 0.1) is 6.92 Å². The van der Waals surface area contributed by atoms with Crippen LogP contribution in [0.15, 0.2) is 33.1 Å². The van der Waals surface area contributed by atoms with E-state index in [2.05, 4.69) is 0 Å². The van der Waals surface area contributed by atoms with E-state index in [1.807, 2.05) is 0 Å². The molecule has 0 saturated carbocycles. The van der Waals surface area contributed by atoms with Crippen LogP contribution in [0.5, 0.6) is 0 Å². The number of hydrogen-bond acceptors (Lipinski definition) is 5. The summed E-state index contributed by atoms with van der Waals surface area (Å²) in [7, 11) is -1.95. The fourth-order valence-corrected chi connectivity index (χ4v) is 4.50. The first-order valence-electron chi connectivity index (χ1n) is 6.14. The smallest absolute Gasteiger partial charge is 0.252 e. The Bertz CT molecular complexity index is 672. The summed E-state index contributed by atoms with van der Waals surface area (Å²) in [5, 5.41) is 8.88. The monoisotopic (exact) mass is 315 g/mol. The lowest BCUT2D eigenvalue weighted by Crippen LogP contribution is -2.25. The molecule has 2 heterocycles. The Morgan fingerprint density at radius 2 is 2.10 bits per heavy atom. The normalized spacial score (nSPS) is 12.2. The van der Waals surface area contributed by atoms with Crippen LogP contribution >= 0.6 is 11.3 Å². The molecule has 2 rings (SSSR count). The molecule has 7 heteroatoms. The van der Waals surface area contributed by atoms with Crippen molar-refractivity contribution in [2.24, 2.45) is 0 Å². The van der Waals surface area contributed by atoms with Crippen molar-refractivity contribution in [2.75, 3.05) is 13.7 Å². The van der Waals surface area contributed by atoms with E-state index in [9.17, 15) is 8.42 Å². The predicted molar refractivity (Wildman–Crippen MR) is 77.2 cm³/mol. The van der Waals surface area contributed by atoms with E-state index in [-0.39, 0.29) is 13.2 Å². The van der Waals surface area contributed by atoms with Crippen LogP contribution < -0.4 is 0 Å². The Balaban J connectivity index is 2.18. The number of sulfonamides is 1. The molecule has 0 atom stereocenters. The molecule has 2 aromatic rings. The lowest BCUT2D eigenvalue weighted by molar-refractivity contribution is 0.300. The van der Waals surface area contributed by atoms with Gasteiger partial charge in [-0.15, -0.1) is 11.3 Å². The lowest BCUT2D eigenvalue weighted by Gasteiger charge is -2.15. The summed E-state index contributed by atoms with van der Waals surface area (Å²) >= 11 is 1.20. The molecule has 20 heavy (non-hydrogen) atoms. The zero-order chi connectivity index (χ0) is 14.8. The third-order valence-electron chi connectivity index (χ3n) is 3.02. The average molecular weight is 315 g/mol. The molecule has 0 aliphatic carbocycles. The number of aryl methyl sites for hydroxylation is 1. The summed E-state index contributed by atoms with van der Waals surface area (Å²) in [6.45, 7) is 2.10. The van der Waals surface area contributed by atoms with Gasteiger partial charge in [0.2, 0.25) is 0 Å². The highest BCUT2D eigenvalue weighted by molar-refractivity contribution is 7.91. The van der Waals surface area contributed by atoms with E-state index in [1.54, 1.807) is 38.4 Å². The number of hydrogen-bond donors (Lipinski definition) is 1. The van der Waals surface area contributed by atoms with E-state index in [1.165, 1.54) is 15.6 Å². The Kier molecular flexibility index (Phi) is 4.64. The third kappa shape index (κ3) is 3.12. The minimum atomic E-state index is -3.50. The van der Waals surface area contributed by atoms with Gasteiger partial charge in [0.25, 0.3) is 10.0 Å². The fraction of sp³-hybridized carbons (Fsp3) is 0.385. The van der Waals surface area contributed by atoms with Crippen molar-refractivity contribution in [1.82, 2.24) is 4.31 Å². The van der Waals surface area contributed by atoms with Gasteiger partial charge in [-0.05, 0) is 25.1 Å². The quantitative estimate of drug-likeness (QED) is 0.885. The molecule has 0 amide bonds. The molecule has 0 aliphatic heterocycles. The van der Waals surface area contributed by atoms with Crippen molar-refractivity contribution < 1.29 is 17.9 Å². The second kappa shape index (κ2) is 6.09. The molecule has 1 N–H and O–H groups in total. The fourth-order valence-electron chi connectivity index (χ4n) is 1.80. The van der Waals surface area contributed by atoms with Crippen LogP contribution in [0.1, 0.15) is 16.2 Å². The Morgan fingerprint density at radius 1 is 1.35 bits per heavy atom. The van der Waals surface area contributed by atoms with Gasteiger partial charge in [-0.2, -0.15) is 4.31 Å². The summed E-state index contributed by atoms with van der Waals surface area (Å²) in [6, 6.07) is 5.10. The standard InChI is InChI=1S/C13H17NO4S2/c1-10-11(6-8-18-10)9-14(2)20(16,17)13-4-3-12(19-13)5-7-15/h3-4,6,8,15H,5,7,9H2,1-2H3. The topological polar surface area (TPSA) is 70.8 Å². The van der Waals surface area contributed by atoms with Gasteiger partial charge in [-0.3, -0.25) is 0 Å². The van der Waals surface area contributed by atoms with Crippen LogP contribution in [0.25, 0.3) is 0 Å². The number of thiophene rings is 1. The number of aliphatic hydroxyl groups excluding tert-OH is 1. The van der Waals surface area contributed by atoms with E-state index in [0.29, 0.717) is 10.6 Å². The highest BCUT2D eigenvalue weighted by Gasteiger charge is 2.23. The molecule has 0 fully saturated rings. The van der Waals surface area contributed by atoms with Gasteiger partial charge in [0.15, 0.2) is 0 Å². The molecular formula is C13H17NO4S2. The number of nitrogens with zero attached hydrogens (tertiary/aromatic N) is 1. The number of aliphatic hydroxyl groups is 1. The largest absolute Gasteiger partial charge is 0.469 e. The van der Waals surface area contributed by atoms with E-state index in [0.717, 1.165) is 16.2 Å². The molecule has 0 radical (unpaired) electrons. The van der Waals surface area contributed by atoms with Crippen LogP contribution in [-0.4, -0.2) is 31.5 Å². The zero-order valence-corrected chi connectivity index (χ0v) is 13.0. The Morgan fingerprint density at radius 3 is 2.70 bits per heavy atom. The van der Waals surface area contributed by atoms with Crippen molar-refractivity contribution in [1.29, 1.82) is 0 Å². The van der Waals surface area contributed by atoms with Crippen molar-refractivity contribution >= 4 is 21.4 Å². The van der Waals surface area contributed by atoms with Crippen LogP contribution in [0.2, 0.25) is 0 Å². The SMILES string of the molecule is Cc1occc1CN(C)S(=O)(=O)c1ccc(CCO)s1. The Hall–Kier alpha value is -1.15. The average Bonchev–Trinajstić information content (AvgIpc) is 3.00. The molecular weight excluding hydrogens is 298 g/mol.